The van der Waals surface area contributed by atoms with Gasteiger partial charge in [0.05, 0.1) is 23.8 Å². The molecule has 0 spiro atoms. The highest BCUT2D eigenvalue weighted by molar-refractivity contribution is 5.91. The van der Waals surface area contributed by atoms with Crippen LogP contribution >= 0.6 is 0 Å². The van der Waals surface area contributed by atoms with Gasteiger partial charge < -0.3 is 4.74 Å². The third-order valence-electron chi connectivity index (χ3n) is 4.33. The minimum absolute atomic E-state index is 0.247. The van der Waals surface area contributed by atoms with Crippen molar-refractivity contribution in [1.29, 1.82) is 0 Å². The van der Waals surface area contributed by atoms with E-state index in [4.69, 9.17) is 16.4 Å². The molecular formula is C19H23N7O2. The maximum atomic E-state index is 12.1. The number of hydrogen-bond donors (Lipinski definition) is 2. The summed E-state index contributed by atoms with van der Waals surface area (Å²) in [4.78, 5) is 13.7. The quantitative estimate of drug-likeness (QED) is 0.397. The molecule has 4 N–H and O–H groups in total. The van der Waals surface area contributed by atoms with Crippen molar-refractivity contribution >= 4 is 11.7 Å². The molecule has 9 heteroatoms. The summed E-state index contributed by atoms with van der Waals surface area (Å²) in [6.07, 6.45) is 3.25. The number of benzene rings is 2. The average molecular weight is 381 g/mol. The lowest BCUT2D eigenvalue weighted by atomic mass is 10.1. The third-order valence-corrected chi connectivity index (χ3v) is 4.33. The number of nitrogens with two attached hydrogens (primary N) is 2. The van der Waals surface area contributed by atoms with Crippen molar-refractivity contribution in [3.8, 4) is 11.4 Å². The van der Waals surface area contributed by atoms with Crippen LogP contribution in [0.3, 0.4) is 0 Å². The summed E-state index contributed by atoms with van der Waals surface area (Å²) in [7, 11) is 1.44. The Morgan fingerprint density at radius 3 is 2.46 bits per heavy atom. The van der Waals surface area contributed by atoms with E-state index < -0.39 is 6.03 Å². The van der Waals surface area contributed by atoms with E-state index in [1.165, 1.54) is 11.8 Å². The van der Waals surface area contributed by atoms with Crippen LogP contribution in [0.1, 0.15) is 16.7 Å². The molecule has 0 aliphatic heterocycles. The Labute approximate surface area is 163 Å². The van der Waals surface area contributed by atoms with E-state index in [-0.39, 0.29) is 6.61 Å². The van der Waals surface area contributed by atoms with Gasteiger partial charge in [0.1, 0.15) is 12.4 Å². The van der Waals surface area contributed by atoms with Gasteiger partial charge in [-0.3, -0.25) is 5.01 Å². The molecule has 0 saturated carbocycles. The summed E-state index contributed by atoms with van der Waals surface area (Å²) in [6.45, 7) is 4.13. The number of hydrazine groups is 2. The SMILES string of the molecule is Cc1cc(-n2nccn2)ccc1OCc1c(C)cccc1N(N)C(=O)N(C)N. The standard InChI is InChI=1S/C19H23N7O2/c1-13-5-4-6-17(25(21)19(27)24(3)20)16(13)12-28-18-8-7-15(11-14(18)2)26-22-9-10-23-26/h4-11H,12,20-21H2,1-3H3. The van der Waals surface area contributed by atoms with E-state index in [0.29, 0.717) is 5.69 Å². The molecule has 0 unspecified atom stereocenters. The Balaban J connectivity index is 1.82. The molecule has 3 rings (SSSR count). The zero-order valence-corrected chi connectivity index (χ0v) is 16.0. The molecular weight excluding hydrogens is 358 g/mol. The van der Waals surface area contributed by atoms with Gasteiger partial charge in [-0.1, -0.05) is 12.1 Å². The highest BCUT2D eigenvalue weighted by Crippen LogP contribution is 2.26. The first kappa shape index (κ1) is 19.3. The second kappa shape index (κ2) is 8.07. The van der Waals surface area contributed by atoms with Crippen molar-refractivity contribution in [1.82, 2.24) is 20.0 Å². The molecule has 28 heavy (non-hydrogen) atoms. The summed E-state index contributed by atoms with van der Waals surface area (Å²) in [5, 5.41) is 10.2. The number of rotatable bonds is 5. The molecule has 3 aromatic rings. The van der Waals surface area contributed by atoms with Gasteiger partial charge in [-0.25, -0.2) is 21.5 Å². The third kappa shape index (κ3) is 3.95. The van der Waals surface area contributed by atoms with Crippen LogP contribution in [0.2, 0.25) is 0 Å². The summed E-state index contributed by atoms with van der Waals surface area (Å²) < 4.78 is 6.02. The van der Waals surface area contributed by atoms with Crippen molar-refractivity contribution in [3.05, 3.63) is 65.5 Å². The van der Waals surface area contributed by atoms with Crippen molar-refractivity contribution in [2.75, 3.05) is 12.1 Å². The lowest BCUT2D eigenvalue weighted by Crippen LogP contribution is -2.49. The van der Waals surface area contributed by atoms with Crippen LogP contribution in [0.25, 0.3) is 5.69 Å². The first-order valence-corrected chi connectivity index (χ1v) is 8.64. The van der Waals surface area contributed by atoms with Gasteiger partial charge in [0.25, 0.3) is 0 Å². The van der Waals surface area contributed by atoms with Gasteiger partial charge in [-0.15, -0.1) is 0 Å². The molecule has 146 valence electrons. The van der Waals surface area contributed by atoms with Crippen LogP contribution in [0.15, 0.2) is 48.8 Å². The second-order valence-corrected chi connectivity index (χ2v) is 6.39. The zero-order valence-electron chi connectivity index (χ0n) is 16.0. The zero-order chi connectivity index (χ0) is 20.3. The smallest absolute Gasteiger partial charge is 0.352 e. The Morgan fingerprint density at radius 1 is 1.11 bits per heavy atom. The highest BCUT2D eigenvalue weighted by Gasteiger charge is 2.19. The molecule has 0 atom stereocenters. The van der Waals surface area contributed by atoms with Crippen molar-refractivity contribution in [2.45, 2.75) is 20.5 Å². The van der Waals surface area contributed by atoms with E-state index in [9.17, 15) is 4.79 Å². The summed E-state index contributed by atoms with van der Waals surface area (Å²) in [5.41, 5.74) is 4.08. The van der Waals surface area contributed by atoms with Crippen LogP contribution in [-0.2, 0) is 6.61 Å². The lowest BCUT2D eigenvalue weighted by Gasteiger charge is -2.24. The largest absolute Gasteiger partial charge is 0.489 e. The minimum atomic E-state index is -0.529. The lowest BCUT2D eigenvalue weighted by molar-refractivity contribution is 0.216. The van der Waals surface area contributed by atoms with Crippen molar-refractivity contribution < 1.29 is 9.53 Å². The van der Waals surface area contributed by atoms with Crippen LogP contribution in [-0.4, -0.2) is 33.1 Å². The Bertz CT molecular complexity index is 970. The number of nitrogens with zero attached hydrogens (tertiary/aromatic N) is 5. The summed E-state index contributed by atoms with van der Waals surface area (Å²) >= 11 is 0. The minimum Gasteiger partial charge on any atom is -0.489 e. The van der Waals surface area contributed by atoms with Gasteiger partial charge in [0.15, 0.2) is 0 Å². The number of carbonyl (C=O) groups is 1. The summed E-state index contributed by atoms with van der Waals surface area (Å²) in [5.74, 6) is 12.2. The van der Waals surface area contributed by atoms with Crippen LogP contribution in [0.5, 0.6) is 5.75 Å². The van der Waals surface area contributed by atoms with Crippen LogP contribution in [0.4, 0.5) is 10.5 Å². The van der Waals surface area contributed by atoms with Gasteiger partial charge in [-0.05, 0) is 49.2 Å². The topological polar surface area (TPSA) is 116 Å². The number of ether oxygens (including phenoxy) is 1. The molecule has 0 aliphatic rings. The number of anilines is 1. The summed E-state index contributed by atoms with van der Waals surface area (Å²) in [6, 6.07) is 10.7. The maximum absolute atomic E-state index is 12.1. The van der Waals surface area contributed by atoms with Gasteiger partial charge in [0, 0.05) is 12.6 Å². The molecule has 1 aromatic heterocycles. The number of carbonyl (C=O) groups excluding carboxylic acids is 1. The van der Waals surface area contributed by atoms with Crippen LogP contribution in [0, 0.1) is 13.8 Å². The molecule has 2 amide bonds. The van der Waals surface area contributed by atoms with Crippen molar-refractivity contribution in [3.63, 3.8) is 0 Å². The average Bonchev–Trinajstić information content (AvgIpc) is 3.21. The number of aryl methyl sites for hydroxylation is 2. The molecule has 1 heterocycles. The second-order valence-electron chi connectivity index (χ2n) is 6.39. The highest BCUT2D eigenvalue weighted by atomic mass is 16.5. The van der Waals surface area contributed by atoms with E-state index in [0.717, 1.165) is 38.1 Å². The molecule has 2 aromatic carbocycles. The van der Waals surface area contributed by atoms with E-state index >= 15 is 0 Å². The molecule has 0 radical (unpaired) electrons. The molecule has 9 nitrogen and oxygen atoms in total. The molecule has 0 saturated heterocycles. The number of amides is 2. The van der Waals surface area contributed by atoms with E-state index in [1.54, 1.807) is 18.5 Å². The Kier molecular flexibility index (Phi) is 5.57. The van der Waals surface area contributed by atoms with Gasteiger partial charge >= 0.3 is 6.03 Å². The molecule has 0 fully saturated rings. The fourth-order valence-electron chi connectivity index (χ4n) is 2.79. The maximum Gasteiger partial charge on any atom is 0.352 e. The monoisotopic (exact) mass is 381 g/mol. The first-order valence-electron chi connectivity index (χ1n) is 8.64. The van der Waals surface area contributed by atoms with Gasteiger partial charge in [-0.2, -0.15) is 15.0 Å². The molecule has 0 bridgehead atoms. The fourth-order valence-corrected chi connectivity index (χ4v) is 2.79. The predicted molar refractivity (Wildman–Crippen MR) is 106 cm³/mol. The van der Waals surface area contributed by atoms with Gasteiger partial charge in [0.2, 0.25) is 0 Å². The van der Waals surface area contributed by atoms with E-state index in [1.807, 2.05) is 44.2 Å². The predicted octanol–water partition coefficient (Wildman–Crippen LogP) is 2.07. The van der Waals surface area contributed by atoms with Crippen LogP contribution < -0.4 is 21.4 Å². The molecule has 0 aliphatic carbocycles. The van der Waals surface area contributed by atoms with Crippen molar-refractivity contribution in [2.24, 2.45) is 11.7 Å². The van der Waals surface area contributed by atoms with E-state index in [2.05, 4.69) is 10.2 Å². The fraction of sp³-hybridized carbons (Fsp3) is 0.211. The number of hydrogen-bond acceptors (Lipinski definition) is 6. The Morgan fingerprint density at radius 2 is 1.82 bits per heavy atom. The Hall–Kier alpha value is -3.43. The number of urea groups is 1. The normalized spacial score (nSPS) is 10.6. The number of aromatic nitrogens is 3. The first-order chi connectivity index (χ1) is 13.4.